The van der Waals surface area contributed by atoms with Gasteiger partial charge >= 0.3 is 0 Å². The molecule has 1 aromatic carbocycles. The Kier molecular flexibility index (Phi) is 3.67. The van der Waals surface area contributed by atoms with Crippen LogP contribution in [0.15, 0.2) is 29.8 Å². The molecule has 0 radical (unpaired) electrons. The van der Waals surface area contributed by atoms with Crippen LogP contribution < -0.4 is 5.32 Å². The summed E-state index contributed by atoms with van der Waals surface area (Å²) in [6, 6.07) is 6.49. The molecule has 16 heavy (non-hydrogen) atoms. The third-order valence-electron chi connectivity index (χ3n) is 3.36. The second kappa shape index (κ2) is 5.03. The van der Waals surface area contributed by atoms with Gasteiger partial charge in [-0.3, -0.25) is 0 Å². The number of allylic oxidation sites excluding steroid dienone is 1. The van der Waals surface area contributed by atoms with Crippen LogP contribution in [0.3, 0.4) is 0 Å². The van der Waals surface area contributed by atoms with Gasteiger partial charge in [0.15, 0.2) is 0 Å². The average Bonchev–Trinajstić information content (AvgIpc) is 2.79. The van der Waals surface area contributed by atoms with Gasteiger partial charge in [0.05, 0.1) is 6.04 Å². The van der Waals surface area contributed by atoms with E-state index in [4.69, 9.17) is 11.6 Å². The van der Waals surface area contributed by atoms with E-state index in [1.54, 1.807) is 0 Å². The molecule has 0 heterocycles. The van der Waals surface area contributed by atoms with Gasteiger partial charge in [0.25, 0.3) is 0 Å². The fourth-order valence-corrected chi connectivity index (χ4v) is 2.62. The van der Waals surface area contributed by atoms with E-state index in [9.17, 15) is 0 Å². The minimum Gasteiger partial charge on any atom is -0.310 e. The number of nitrogens with one attached hydrogen (secondary N) is 1. The predicted octanol–water partition coefficient (Wildman–Crippen LogP) is 4.02. The maximum Gasteiger partial charge on any atom is 0.0536 e. The Hall–Kier alpha value is -0.790. The van der Waals surface area contributed by atoms with Gasteiger partial charge in [-0.25, -0.2) is 0 Å². The van der Waals surface area contributed by atoms with E-state index in [2.05, 4.69) is 24.4 Å². The highest BCUT2D eigenvalue weighted by Gasteiger charge is 2.19. The predicted molar refractivity (Wildman–Crippen MR) is 69.9 cm³/mol. The first-order valence-corrected chi connectivity index (χ1v) is 6.23. The van der Waals surface area contributed by atoms with E-state index < -0.39 is 0 Å². The summed E-state index contributed by atoms with van der Waals surface area (Å²) in [7, 11) is 2.02. The highest BCUT2D eigenvalue weighted by Crippen LogP contribution is 2.33. The lowest BCUT2D eigenvalue weighted by molar-refractivity contribution is 0.652. The second-order valence-electron chi connectivity index (χ2n) is 4.35. The maximum atomic E-state index is 6.17. The van der Waals surface area contributed by atoms with Crippen LogP contribution in [0.5, 0.6) is 0 Å². The van der Waals surface area contributed by atoms with Crippen molar-refractivity contribution >= 4 is 11.6 Å². The number of hydrogen-bond donors (Lipinski definition) is 1. The van der Waals surface area contributed by atoms with Gasteiger partial charge in [-0.05, 0) is 50.4 Å². The zero-order chi connectivity index (χ0) is 11.5. The Morgan fingerprint density at radius 1 is 1.38 bits per heavy atom. The van der Waals surface area contributed by atoms with E-state index in [1.807, 2.05) is 19.2 Å². The quantitative estimate of drug-likeness (QED) is 0.781. The van der Waals surface area contributed by atoms with Crippen LogP contribution in [0.1, 0.15) is 36.4 Å². The molecule has 1 atom stereocenters. The first kappa shape index (κ1) is 11.7. The van der Waals surface area contributed by atoms with Crippen molar-refractivity contribution in [3.8, 4) is 0 Å². The van der Waals surface area contributed by atoms with E-state index in [0.717, 1.165) is 5.02 Å². The van der Waals surface area contributed by atoms with Gasteiger partial charge in [0, 0.05) is 5.02 Å². The Bertz CT molecular complexity index is 409. The number of rotatable bonds is 3. The first-order chi connectivity index (χ1) is 7.74. The summed E-state index contributed by atoms with van der Waals surface area (Å²) in [5.74, 6) is 0. The molecule has 0 bridgehead atoms. The summed E-state index contributed by atoms with van der Waals surface area (Å²) in [5, 5.41) is 4.26. The van der Waals surface area contributed by atoms with Crippen LogP contribution >= 0.6 is 11.6 Å². The van der Waals surface area contributed by atoms with Crippen molar-refractivity contribution < 1.29 is 0 Å². The Morgan fingerprint density at radius 3 is 2.81 bits per heavy atom. The number of halogens is 1. The topological polar surface area (TPSA) is 12.0 Å². The number of hydrogen-bond acceptors (Lipinski definition) is 1. The molecule has 1 N–H and O–H groups in total. The summed E-state index contributed by atoms with van der Waals surface area (Å²) >= 11 is 6.17. The summed E-state index contributed by atoms with van der Waals surface area (Å²) in [6.07, 6.45) is 6.07. The maximum absolute atomic E-state index is 6.17. The van der Waals surface area contributed by atoms with Gasteiger partial charge in [-0.1, -0.05) is 35.4 Å². The van der Waals surface area contributed by atoms with Crippen molar-refractivity contribution in [1.82, 2.24) is 5.32 Å². The number of likely N-dealkylation sites (N-methyl/N-ethyl adjacent to an activating group) is 1. The molecule has 0 fully saturated rings. The molecule has 0 amide bonds. The van der Waals surface area contributed by atoms with Crippen molar-refractivity contribution in [2.45, 2.75) is 32.2 Å². The summed E-state index contributed by atoms with van der Waals surface area (Å²) in [4.78, 5) is 0. The SMILES string of the molecule is CNC(C1=CCCC1)c1cccc(Cl)c1C. The van der Waals surface area contributed by atoms with Crippen molar-refractivity contribution in [2.75, 3.05) is 7.05 Å². The minimum atomic E-state index is 0.334. The van der Waals surface area contributed by atoms with E-state index >= 15 is 0 Å². The third kappa shape index (κ3) is 2.16. The summed E-state index contributed by atoms with van der Waals surface area (Å²) < 4.78 is 0. The van der Waals surface area contributed by atoms with Crippen molar-refractivity contribution in [2.24, 2.45) is 0 Å². The third-order valence-corrected chi connectivity index (χ3v) is 3.77. The monoisotopic (exact) mass is 235 g/mol. The average molecular weight is 236 g/mol. The normalized spacial score (nSPS) is 17.3. The lowest BCUT2D eigenvalue weighted by Crippen LogP contribution is -2.19. The van der Waals surface area contributed by atoms with E-state index in [1.165, 1.54) is 36.0 Å². The molecule has 1 aromatic rings. The highest BCUT2D eigenvalue weighted by atomic mass is 35.5. The fraction of sp³-hybridized carbons (Fsp3) is 0.429. The van der Waals surface area contributed by atoms with Gasteiger partial charge in [-0.2, -0.15) is 0 Å². The Balaban J connectivity index is 2.36. The van der Waals surface area contributed by atoms with Gasteiger partial charge < -0.3 is 5.32 Å². The van der Waals surface area contributed by atoms with E-state index in [0.29, 0.717) is 6.04 Å². The van der Waals surface area contributed by atoms with E-state index in [-0.39, 0.29) is 0 Å². The van der Waals surface area contributed by atoms with Gasteiger partial charge in [0.1, 0.15) is 0 Å². The molecule has 86 valence electrons. The zero-order valence-corrected chi connectivity index (χ0v) is 10.6. The lowest BCUT2D eigenvalue weighted by Gasteiger charge is -2.21. The molecule has 0 saturated heterocycles. The molecule has 1 nitrogen and oxygen atoms in total. The molecule has 2 heteroatoms. The van der Waals surface area contributed by atoms with Crippen LogP contribution in [0.25, 0.3) is 0 Å². The first-order valence-electron chi connectivity index (χ1n) is 5.85. The van der Waals surface area contributed by atoms with Gasteiger partial charge in [-0.15, -0.1) is 0 Å². The van der Waals surface area contributed by atoms with Crippen molar-refractivity contribution in [1.29, 1.82) is 0 Å². The number of benzene rings is 1. The molecule has 0 saturated carbocycles. The molecule has 0 aliphatic heterocycles. The lowest BCUT2D eigenvalue weighted by atomic mass is 9.94. The smallest absolute Gasteiger partial charge is 0.0536 e. The molecular weight excluding hydrogens is 218 g/mol. The molecule has 0 spiro atoms. The molecular formula is C14H18ClN. The second-order valence-corrected chi connectivity index (χ2v) is 4.75. The zero-order valence-electron chi connectivity index (χ0n) is 9.89. The summed E-state index contributed by atoms with van der Waals surface area (Å²) in [5.41, 5.74) is 4.01. The molecule has 2 rings (SSSR count). The molecule has 1 aliphatic carbocycles. The van der Waals surface area contributed by atoms with Gasteiger partial charge in [0.2, 0.25) is 0 Å². The standard InChI is InChI=1S/C14H18ClN/c1-10-12(8-5-9-13(10)15)14(16-2)11-6-3-4-7-11/h5-6,8-9,14,16H,3-4,7H2,1-2H3. The Morgan fingerprint density at radius 2 is 2.19 bits per heavy atom. The van der Waals surface area contributed by atoms with Crippen molar-refractivity contribution in [3.05, 3.63) is 46.0 Å². The van der Waals surface area contributed by atoms with Crippen LogP contribution in [0, 0.1) is 6.92 Å². The van der Waals surface area contributed by atoms with Crippen molar-refractivity contribution in [3.63, 3.8) is 0 Å². The highest BCUT2D eigenvalue weighted by molar-refractivity contribution is 6.31. The van der Waals surface area contributed by atoms with Crippen LogP contribution in [-0.2, 0) is 0 Å². The molecule has 1 unspecified atom stereocenters. The minimum absolute atomic E-state index is 0.334. The van der Waals surface area contributed by atoms with Crippen LogP contribution in [0.4, 0.5) is 0 Å². The fourth-order valence-electron chi connectivity index (χ4n) is 2.44. The summed E-state index contributed by atoms with van der Waals surface area (Å²) in [6.45, 7) is 2.09. The molecule has 1 aliphatic rings. The van der Waals surface area contributed by atoms with Crippen LogP contribution in [-0.4, -0.2) is 7.05 Å². The largest absolute Gasteiger partial charge is 0.310 e. The molecule has 0 aromatic heterocycles. The van der Waals surface area contributed by atoms with Crippen LogP contribution in [0.2, 0.25) is 5.02 Å². The Labute approximate surface area is 103 Å².